The molecule has 3 aromatic rings. The highest BCUT2D eigenvalue weighted by molar-refractivity contribution is 7.93. The standard InChI is InChI=1S/C24H22FN5O2S/c1-23(14-33(31,32)24(7-3-8-24)22(26)30-23)18-10-15(4-5-19(18)25)11-20-21-16(6-9-28-20)12-17(27-2)13-29-21/h4-6,9-10,12-13H,3,7-8,11,14H2,1H3,(H2,26,30)/t23-/m0/s1. The number of sulfone groups is 1. The van der Waals surface area contributed by atoms with Crippen molar-refractivity contribution in [3.05, 3.63) is 76.8 Å². The average Bonchev–Trinajstić information content (AvgIpc) is 2.72. The van der Waals surface area contributed by atoms with Crippen molar-refractivity contribution in [2.24, 2.45) is 10.7 Å². The van der Waals surface area contributed by atoms with Crippen molar-refractivity contribution < 1.29 is 12.8 Å². The van der Waals surface area contributed by atoms with Gasteiger partial charge in [0.05, 0.1) is 23.5 Å². The molecule has 168 valence electrons. The van der Waals surface area contributed by atoms with Crippen LogP contribution in [0.1, 0.15) is 43.0 Å². The molecule has 3 heterocycles. The van der Waals surface area contributed by atoms with E-state index in [1.165, 1.54) is 12.3 Å². The molecule has 1 spiro atoms. The molecular weight excluding hydrogens is 441 g/mol. The molecule has 0 amide bonds. The molecule has 0 saturated heterocycles. The second-order valence-electron chi connectivity index (χ2n) is 9.00. The van der Waals surface area contributed by atoms with Crippen molar-refractivity contribution in [2.75, 3.05) is 5.75 Å². The maximum atomic E-state index is 15.0. The Bertz CT molecular complexity index is 1470. The highest BCUT2D eigenvalue weighted by atomic mass is 32.2. The van der Waals surface area contributed by atoms with Gasteiger partial charge in [0.25, 0.3) is 0 Å². The number of hydrogen-bond acceptors (Lipinski definition) is 6. The maximum Gasteiger partial charge on any atom is 0.205 e. The number of hydrogen-bond donors (Lipinski definition) is 1. The third-order valence-corrected chi connectivity index (χ3v) is 9.58. The first-order valence-corrected chi connectivity index (χ1v) is 12.3. The lowest BCUT2D eigenvalue weighted by Gasteiger charge is -2.46. The fourth-order valence-corrected chi connectivity index (χ4v) is 7.37. The lowest BCUT2D eigenvalue weighted by atomic mass is 9.82. The fraction of sp³-hybridized carbons (Fsp3) is 0.333. The smallest absolute Gasteiger partial charge is 0.205 e. The highest BCUT2D eigenvalue weighted by Gasteiger charge is 2.58. The predicted molar refractivity (Wildman–Crippen MR) is 124 cm³/mol. The summed E-state index contributed by atoms with van der Waals surface area (Å²) < 4.78 is 40.2. The number of nitrogens with zero attached hydrogens (tertiary/aromatic N) is 4. The minimum atomic E-state index is -3.58. The summed E-state index contributed by atoms with van der Waals surface area (Å²) in [5, 5.41) is 0.796. The van der Waals surface area contributed by atoms with Crippen molar-refractivity contribution >= 4 is 32.3 Å². The number of nitrogens with two attached hydrogens (primary N) is 1. The Balaban J connectivity index is 1.55. The molecule has 33 heavy (non-hydrogen) atoms. The number of amidine groups is 1. The molecular formula is C24H22FN5O2S. The first kappa shape index (κ1) is 21.5. The van der Waals surface area contributed by atoms with Gasteiger partial charge in [-0.2, -0.15) is 0 Å². The zero-order valence-electron chi connectivity index (χ0n) is 18.0. The van der Waals surface area contributed by atoms with E-state index < -0.39 is 25.9 Å². The molecule has 1 aromatic carbocycles. The Kier molecular flexibility index (Phi) is 4.76. The first-order chi connectivity index (χ1) is 15.7. The second-order valence-corrected chi connectivity index (χ2v) is 11.3. The van der Waals surface area contributed by atoms with Crippen LogP contribution in [0.3, 0.4) is 0 Å². The van der Waals surface area contributed by atoms with E-state index in [4.69, 9.17) is 12.3 Å². The van der Waals surface area contributed by atoms with Gasteiger partial charge < -0.3 is 5.73 Å². The molecule has 0 unspecified atom stereocenters. The molecule has 5 rings (SSSR count). The van der Waals surface area contributed by atoms with E-state index >= 15 is 0 Å². The van der Waals surface area contributed by atoms with Gasteiger partial charge in [-0.05, 0) is 55.3 Å². The Labute approximate surface area is 191 Å². The first-order valence-electron chi connectivity index (χ1n) is 10.7. The highest BCUT2D eigenvalue weighted by Crippen LogP contribution is 2.47. The largest absolute Gasteiger partial charge is 0.386 e. The predicted octanol–water partition coefficient (Wildman–Crippen LogP) is 3.83. The van der Waals surface area contributed by atoms with Gasteiger partial charge in [-0.1, -0.05) is 12.1 Å². The summed E-state index contributed by atoms with van der Waals surface area (Å²) in [6, 6.07) is 8.16. The maximum absolute atomic E-state index is 15.0. The number of halogens is 1. The third kappa shape index (κ3) is 3.28. The van der Waals surface area contributed by atoms with E-state index in [-0.39, 0.29) is 17.2 Å². The Morgan fingerprint density at radius 1 is 1.21 bits per heavy atom. The summed E-state index contributed by atoms with van der Waals surface area (Å²) in [4.78, 5) is 16.8. The topological polar surface area (TPSA) is 103 Å². The zero-order chi connectivity index (χ0) is 23.4. The quantitative estimate of drug-likeness (QED) is 0.595. The van der Waals surface area contributed by atoms with E-state index in [2.05, 4.69) is 19.8 Å². The molecule has 9 heteroatoms. The molecule has 1 atom stereocenters. The Morgan fingerprint density at radius 2 is 2.00 bits per heavy atom. The average molecular weight is 464 g/mol. The molecule has 1 fully saturated rings. The van der Waals surface area contributed by atoms with Gasteiger partial charge in [-0.15, -0.1) is 0 Å². The van der Waals surface area contributed by atoms with Crippen LogP contribution < -0.4 is 5.73 Å². The summed E-state index contributed by atoms with van der Waals surface area (Å²) in [5.41, 5.74) is 7.59. The molecule has 0 radical (unpaired) electrons. The number of rotatable bonds is 3. The van der Waals surface area contributed by atoms with Crippen LogP contribution in [0.4, 0.5) is 10.1 Å². The molecule has 1 aliphatic heterocycles. The number of aromatic nitrogens is 2. The van der Waals surface area contributed by atoms with Crippen LogP contribution in [0.25, 0.3) is 15.7 Å². The summed E-state index contributed by atoms with van der Waals surface area (Å²) >= 11 is 0. The van der Waals surface area contributed by atoms with E-state index in [1.54, 1.807) is 37.4 Å². The monoisotopic (exact) mass is 463 g/mol. The minimum Gasteiger partial charge on any atom is -0.386 e. The van der Waals surface area contributed by atoms with Gasteiger partial charge >= 0.3 is 0 Å². The molecule has 2 aliphatic rings. The van der Waals surface area contributed by atoms with Crippen LogP contribution in [-0.2, 0) is 21.8 Å². The SMILES string of the molecule is [C-]#[N+]c1cnc2c(Cc3ccc(F)c([C@]4(C)CS(=O)(=O)C5(CCC5)C(N)=N4)c3)nccc2c1. The van der Waals surface area contributed by atoms with Crippen LogP contribution >= 0.6 is 0 Å². The normalized spacial score (nSPS) is 23.0. The van der Waals surface area contributed by atoms with Crippen LogP contribution in [0, 0.1) is 12.4 Å². The van der Waals surface area contributed by atoms with E-state index in [9.17, 15) is 12.8 Å². The van der Waals surface area contributed by atoms with Crippen molar-refractivity contribution in [3.8, 4) is 0 Å². The van der Waals surface area contributed by atoms with Crippen molar-refractivity contribution in [2.45, 2.75) is 42.9 Å². The van der Waals surface area contributed by atoms with Gasteiger partial charge in [0, 0.05) is 24.4 Å². The van der Waals surface area contributed by atoms with Gasteiger partial charge in [-0.3, -0.25) is 15.0 Å². The summed E-state index contributed by atoms with van der Waals surface area (Å²) in [6.45, 7) is 8.79. The van der Waals surface area contributed by atoms with E-state index in [0.717, 1.165) is 17.4 Å². The van der Waals surface area contributed by atoms with Gasteiger partial charge in [0.15, 0.2) is 9.84 Å². The third-order valence-electron chi connectivity index (χ3n) is 6.83. The van der Waals surface area contributed by atoms with Gasteiger partial charge in [0.2, 0.25) is 5.69 Å². The number of benzene rings is 1. The molecule has 1 saturated carbocycles. The molecule has 2 aromatic heterocycles. The second kappa shape index (κ2) is 7.32. The van der Waals surface area contributed by atoms with Gasteiger partial charge in [0.1, 0.15) is 21.9 Å². The van der Waals surface area contributed by atoms with Crippen molar-refractivity contribution in [1.82, 2.24) is 9.97 Å². The number of pyridine rings is 2. The molecule has 2 N–H and O–H groups in total. The Hall–Kier alpha value is -3.38. The lowest BCUT2D eigenvalue weighted by Crippen LogP contribution is -2.61. The summed E-state index contributed by atoms with van der Waals surface area (Å²) in [6.07, 6.45) is 5.24. The zero-order valence-corrected chi connectivity index (χ0v) is 18.9. The molecule has 0 bridgehead atoms. The number of aliphatic imine (C=N–C) groups is 1. The van der Waals surface area contributed by atoms with Crippen LogP contribution in [0.15, 0.2) is 47.7 Å². The van der Waals surface area contributed by atoms with Gasteiger partial charge in [-0.25, -0.2) is 17.7 Å². The number of fused-ring (bicyclic) bond motifs is 1. The van der Waals surface area contributed by atoms with E-state index in [1.807, 2.05) is 0 Å². The van der Waals surface area contributed by atoms with Crippen molar-refractivity contribution in [1.29, 1.82) is 0 Å². The minimum absolute atomic E-state index is 0.0860. The Morgan fingerprint density at radius 3 is 2.67 bits per heavy atom. The van der Waals surface area contributed by atoms with E-state index in [0.29, 0.717) is 36.2 Å². The fourth-order valence-electron chi connectivity index (χ4n) is 4.86. The molecule has 1 aliphatic carbocycles. The van der Waals surface area contributed by atoms with Crippen LogP contribution in [0.5, 0.6) is 0 Å². The summed E-state index contributed by atoms with van der Waals surface area (Å²) in [5.74, 6) is -0.722. The lowest BCUT2D eigenvalue weighted by molar-refractivity contribution is 0.388. The van der Waals surface area contributed by atoms with Crippen molar-refractivity contribution in [3.63, 3.8) is 0 Å². The van der Waals surface area contributed by atoms with Crippen LogP contribution in [-0.4, -0.2) is 34.7 Å². The molecule has 7 nitrogen and oxygen atoms in total. The summed E-state index contributed by atoms with van der Waals surface area (Å²) in [7, 11) is -3.58. The van der Waals surface area contributed by atoms with Crippen LogP contribution in [0.2, 0.25) is 0 Å².